The van der Waals surface area contributed by atoms with Crippen molar-refractivity contribution in [3.63, 3.8) is 0 Å². The van der Waals surface area contributed by atoms with Gasteiger partial charge >= 0.3 is 0 Å². The molecule has 3 heteroatoms. The van der Waals surface area contributed by atoms with Crippen molar-refractivity contribution in [3.8, 4) is 0 Å². The number of nitrogens with zero attached hydrogens (tertiary/aromatic N) is 2. The molecule has 1 amide bonds. The molecule has 3 nitrogen and oxygen atoms in total. The van der Waals surface area contributed by atoms with E-state index in [4.69, 9.17) is 0 Å². The van der Waals surface area contributed by atoms with E-state index in [-0.39, 0.29) is 11.8 Å². The molecule has 1 aliphatic rings. The number of hydrogen-bond acceptors (Lipinski definition) is 1. The second-order valence-corrected chi connectivity index (χ2v) is 2.79. The van der Waals surface area contributed by atoms with Crippen molar-refractivity contribution in [3.05, 3.63) is 24.4 Å². The summed E-state index contributed by atoms with van der Waals surface area (Å²) in [5.74, 6) is 0.289. The van der Waals surface area contributed by atoms with Gasteiger partial charge in [-0.3, -0.25) is 4.79 Å². The average Bonchev–Trinajstić information content (AvgIpc) is 2.06. The maximum Gasteiger partial charge on any atom is 0.250 e. The van der Waals surface area contributed by atoms with Gasteiger partial charge in [0.15, 0.2) is 5.84 Å². The van der Waals surface area contributed by atoms with E-state index >= 15 is 0 Å². The van der Waals surface area contributed by atoms with Gasteiger partial charge in [0.2, 0.25) is 5.91 Å². The summed E-state index contributed by atoms with van der Waals surface area (Å²) in [6, 6.07) is 0. The molecule has 0 aromatic rings. The Balaban J connectivity index is 2.63. The monoisotopic (exact) mass is 163 g/mol. The number of amidine groups is 1. The van der Waals surface area contributed by atoms with Gasteiger partial charge in [-0.15, -0.1) is 0 Å². The van der Waals surface area contributed by atoms with E-state index in [0.29, 0.717) is 5.84 Å². The quantitative estimate of drug-likeness (QED) is 0.573. The molecule has 0 aromatic heterocycles. The predicted molar refractivity (Wildman–Crippen MR) is 47.7 cm³/mol. The van der Waals surface area contributed by atoms with E-state index in [0.717, 1.165) is 0 Å². The Kier molecular flexibility index (Phi) is 2.80. The molecule has 0 aromatic carbocycles. The fraction of sp³-hybridized carbons (Fsp3) is 0.333. The highest BCUT2D eigenvalue weighted by molar-refractivity contribution is 6.02. The smallest absolute Gasteiger partial charge is 0.250 e. The molecule has 0 bridgehead atoms. The Morgan fingerprint density at radius 2 is 2.25 bits per heavy atom. The van der Waals surface area contributed by atoms with Crippen molar-refractivity contribution in [2.75, 3.05) is 0 Å². The van der Waals surface area contributed by atoms with Crippen LogP contribution in [0.1, 0.15) is 13.8 Å². The van der Waals surface area contributed by atoms with E-state index in [1.54, 1.807) is 24.4 Å². The van der Waals surface area contributed by atoms with Crippen LogP contribution in [-0.4, -0.2) is 11.7 Å². The SMILES string of the molecule is CC(C)C(=O)N=C1C=CC=C[N]1. The molecule has 0 spiro atoms. The number of aliphatic imine (C=N–C) groups is 1. The van der Waals surface area contributed by atoms with Crippen LogP contribution >= 0.6 is 0 Å². The molecule has 1 rings (SSSR count). The molecule has 0 saturated heterocycles. The van der Waals surface area contributed by atoms with Crippen LogP contribution in [0.2, 0.25) is 0 Å². The topological polar surface area (TPSA) is 43.5 Å². The molecule has 1 aliphatic heterocycles. The molecule has 0 saturated carbocycles. The standard InChI is InChI=1S/C9H11N2O/c1-7(2)9(12)11-8-5-3-4-6-10-8/h3-7H,1-2H3. The van der Waals surface area contributed by atoms with Gasteiger partial charge in [-0.2, -0.15) is 4.99 Å². The maximum absolute atomic E-state index is 11.1. The number of hydrogen-bond donors (Lipinski definition) is 0. The van der Waals surface area contributed by atoms with E-state index in [9.17, 15) is 4.79 Å². The van der Waals surface area contributed by atoms with Gasteiger partial charge < -0.3 is 0 Å². The summed E-state index contributed by atoms with van der Waals surface area (Å²) in [4.78, 5) is 14.9. The Morgan fingerprint density at radius 1 is 1.50 bits per heavy atom. The van der Waals surface area contributed by atoms with E-state index in [1.807, 2.05) is 13.8 Å². The molecule has 0 N–H and O–H groups in total. The van der Waals surface area contributed by atoms with Crippen molar-refractivity contribution in [2.45, 2.75) is 13.8 Å². The van der Waals surface area contributed by atoms with Crippen molar-refractivity contribution in [1.82, 2.24) is 5.32 Å². The molecule has 1 heterocycles. The predicted octanol–water partition coefficient (Wildman–Crippen LogP) is 1.26. The number of carbonyl (C=O) groups excluding carboxylic acids is 1. The third kappa shape index (κ3) is 2.34. The molecule has 0 fully saturated rings. The fourth-order valence-corrected chi connectivity index (χ4v) is 0.662. The summed E-state index contributed by atoms with van der Waals surface area (Å²) in [5, 5.41) is 3.91. The lowest BCUT2D eigenvalue weighted by Gasteiger charge is -2.01. The van der Waals surface area contributed by atoms with Gasteiger partial charge in [0.05, 0.1) is 0 Å². The first kappa shape index (κ1) is 8.71. The third-order valence-corrected chi connectivity index (χ3v) is 1.37. The lowest BCUT2D eigenvalue weighted by Crippen LogP contribution is -2.14. The molecular weight excluding hydrogens is 152 g/mol. The van der Waals surface area contributed by atoms with Gasteiger partial charge in [-0.1, -0.05) is 19.9 Å². The zero-order valence-electron chi connectivity index (χ0n) is 7.19. The number of rotatable bonds is 1. The summed E-state index contributed by atoms with van der Waals surface area (Å²) in [7, 11) is 0. The summed E-state index contributed by atoms with van der Waals surface area (Å²) < 4.78 is 0. The second-order valence-electron chi connectivity index (χ2n) is 2.79. The van der Waals surface area contributed by atoms with Gasteiger partial charge in [-0.25, -0.2) is 5.32 Å². The van der Waals surface area contributed by atoms with Gasteiger partial charge in [0.1, 0.15) is 0 Å². The third-order valence-electron chi connectivity index (χ3n) is 1.37. The van der Waals surface area contributed by atoms with Crippen molar-refractivity contribution in [2.24, 2.45) is 10.9 Å². The zero-order valence-corrected chi connectivity index (χ0v) is 7.19. The van der Waals surface area contributed by atoms with Gasteiger partial charge in [0, 0.05) is 12.1 Å². The minimum atomic E-state index is -0.131. The Hall–Kier alpha value is -1.38. The Morgan fingerprint density at radius 3 is 2.75 bits per heavy atom. The molecule has 1 radical (unpaired) electrons. The van der Waals surface area contributed by atoms with Gasteiger partial charge in [-0.05, 0) is 12.2 Å². The number of carbonyl (C=O) groups is 1. The highest BCUT2D eigenvalue weighted by atomic mass is 16.1. The maximum atomic E-state index is 11.1. The summed E-state index contributed by atoms with van der Waals surface area (Å²) >= 11 is 0. The molecule has 0 aliphatic carbocycles. The lowest BCUT2D eigenvalue weighted by atomic mass is 10.2. The number of amides is 1. The first-order valence-electron chi connectivity index (χ1n) is 3.87. The van der Waals surface area contributed by atoms with Crippen LogP contribution in [0.25, 0.3) is 0 Å². The summed E-state index contributed by atoms with van der Waals surface area (Å²) in [6.07, 6.45) is 6.92. The summed E-state index contributed by atoms with van der Waals surface area (Å²) in [5.41, 5.74) is 0. The minimum absolute atomic E-state index is 0.0630. The van der Waals surface area contributed by atoms with Crippen molar-refractivity contribution in [1.29, 1.82) is 0 Å². The van der Waals surface area contributed by atoms with Crippen LogP contribution in [0.4, 0.5) is 0 Å². The second kappa shape index (κ2) is 3.85. The zero-order chi connectivity index (χ0) is 8.97. The van der Waals surface area contributed by atoms with Crippen LogP contribution in [0.15, 0.2) is 29.4 Å². The molecular formula is C9H11N2O. The van der Waals surface area contributed by atoms with Crippen LogP contribution in [0.3, 0.4) is 0 Å². The van der Waals surface area contributed by atoms with Crippen LogP contribution in [0, 0.1) is 5.92 Å². The first-order valence-corrected chi connectivity index (χ1v) is 3.87. The molecule has 0 atom stereocenters. The largest absolute Gasteiger partial charge is 0.272 e. The minimum Gasteiger partial charge on any atom is -0.272 e. The molecule has 12 heavy (non-hydrogen) atoms. The Labute approximate surface area is 71.9 Å². The molecule has 0 unspecified atom stereocenters. The lowest BCUT2D eigenvalue weighted by molar-refractivity contribution is -0.120. The first-order chi connectivity index (χ1) is 5.70. The normalized spacial score (nSPS) is 18.4. The summed E-state index contributed by atoms with van der Waals surface area (Å²) in [6.45, 7) is 3.63. The van der Waals surface area contributed by atoms with E-state index in [2.05, 4.69) is 10.3 Å². The van der Waals surface area contributed by atoms with Crippen molar-refractivity contribution >= 4 is 11.7 Å². The van der Waals surface area contributed by atoms with Crippen LogP contribution in [-0.2, 0) is 4.79 Å². The fourth-order valence-electron chi connectivity index (χ4n) is 0.662. The highest BCUT2D eigenvalue weighted by Gasteiger charge is 2.06. The number of allylic oxidation sites excluding steroid dienone is 2. The van der Waals surface area contributed by atoms with Crippen LogP contribution in [0.5, 0.6) is 0 Å². The molecule has 63 valence electrons. The van der Waals surface area contributed by atoms with Gasteiger partial charge in [0.25, 0.3) is 0 Å². The van der Waals surface area contributed by atoms with Crippen LogP contribution < -0.4 is 5.32 Å². The average molecular weight is 163 g/mol. The van der Waals surface area contributed by atoms with Crippen molar-refractivity contribution < 1.29 is 4.79 Å². The Bertz CT molecular complexity index is 262. The van der Waals surface area contributed by atoms with E-state index < -0.39 is 0 Å². The van der Waals surface area contributed by atoms with E-state index in [1.165, 1.54) is 0 Å². The highest BCUT2D eigenvalue weighted by Crippen LogP contribution is 1.97.